The Bertz CT molecular complexity index is 1200. The van der Waals surface area contributed by atoms with Gasteiger partial charge in [-0.1, -0.05) is 6.07 Å². The molecule has 0 aliphatic rings. The molecule has 0 aliphatic heterocycles. The van der Waals surface area contributed by atoms with Crippen molar-refractivity contribution in [2.75, 3.05) is 5.32 Å². The Morgan fingerprint density at radius 1 is 1.00 bits per heavy atom. The minimum absolute atomic E-state index is 0.148. The van der Waals surface area contributed by atoms with Gasteiger partial charge in [0.15, 0.2) is 0 Å². The van der Waals surface area contributed by atoms with Crippen LogP contribution in [0.3, 0.4) is 0 Å². The van der Waals surface area contributed by atoms with Gasteiger partial charge < -0.3 is 10.1 Å². The molecule has 0 aliphatic carbocycles. The molecule has 11 nitrogen and oxygen atoms in total. The molecule has 0 fully saturated rings. The van der Waals surface area contributed by atoms with E-state index < -0.39 is 21.8 Å². The maximum Gasteiger partial charge on any atom is 0.309 e. The maximum atomic E-state index is 12.7. The molecular formula is C21H21N5O6. The van der Waals surface area contributed by atoms with E-state index in [-0.39, 0.29) is 28.5 Å². The second-order valence-corrected chi connectivity index (χ2v) is 7.38. The van der Waals surface area contributed by atoms with Gasteiger partial charge in [0.05, 0.1) is 21.6 Å². The van der Waals surface area contributed by atoms with Crippen molar-refractivity contribution in [2.45, 2.75) is 33.7 Å². The van der Waals surface area contributed by atoms with Crippen molar-refractivity contribution in [3.8, 4) is 11.5 Å². The first kappa shape index (κ1) is 22.4. The van der Waals surface area contributed by atoms with Crippen molar-refractivity contribution in [1.29, 1.82) is 0 Å². The van der Waals surface area contributed by atoms with E-state index in [1.165, 1.54) is 36.7 Å². The van der Waals surface area contributed by atoms with Gasteiger partial charge in [-0.05, 0) is 51.0 Å². The molecule has 0 bridgehead atoms. The lowest BCUT2D eigenvalue weighted by molar-refractivity contribution is -0.385. The third kappa shape index (κ3) is 4.89. The number of nitrogens with zero attached hydrogens (tertiary/aromatic N) is 4. The van der Waals surface area contributed by atoms with Gasteiger partial charge in [-0.25, -0.2) is 0 Å². The van der Waals surface area contributed by atoms with Crippen LogP contribution in [0.15, 0.2) is 42.6 Å². The molecule has 1 aromatic heterocycles. The lowest BCUT2D eigenvalue weighted by Gasteiger charge is -2.15. The molecule has 1 N–H and O–H groups in total. The topological polar surface area (TPSA) is 142 Å². The number of ether oxygens (including phenoxy) is 1. The Kier molecular flexibility index (Phi) is 6.19. The zero-order chi connectivity index (χ0) is 23.6. The monoisotopic (exact) mass is 439 g/mol. The zero-order valence-electron chi connectivity index (χ0n) is 17.9. The van der Waals surface area contributed by atoms with Gasteiger partial charge in [0, 0.05) is 12.1 Å². The van der Waals surface area contributed by atoms with Gasteiger partial charge in [-0.3, -0.25) is 29.7 Å². The average molecular weight is 439 g/mol. The smallest absolute Gasteiger partial charge is 0.309 e. The minimum Gasteiger partial charge on any atom is -0.457 e. The second-order valence-electron chi connectivity index (χ2n) is 7.38. The highest BCUT2D eigenvalue weighted by atomic mass is 16.6. The predicted molar refractivity (Wildman–Crippen MR) is 116 cm³/mol. The van der Waals surface area contributed by atoms with Gasteiger partial charge in [0.2, 0.25) is 5.91 Å². The summed E-state index contributed by atoms with van der Waals surface area (Å²) < 4.78 is 7.02. The number of anilines is 1. The summed E-state index contributed by atoms with van der Waals surface area (Å²) in [4.78, 5) is 34.0. The minimum atomic E-state index is -0.897. The number of carbonyl (C=O) groups is 1. The maximum absolute atomic E-state index is 12.7. The Morgan fingerprint density at radius 3 is 2.19 bits per heavy atom. The summed E-state index contributed by atoms with van der Waals surface area (Å²) in [7, 11) is 0. The van der Waals surface area contributed by atoms with Crippen molar-refractivity contribution in [3.63, 3.8) is 0 Å². The van der Waals surface area contributed by atoms with Crippen LogP contribution in [0.2, 0.25) is 0 Å². The molecule has 1 heterocycles. The largest absolute Gasteiger partial charge is 0.457 e. The van der Waals surface area contributed by atoms with Crippen molar-refractivity contribution in [3.05, 3.63) is 79.6 Å². The number of aromatic nitrogens is 2. The Hall–Kier alpha value is -4.28. The van der Waals surface area contributed by atoms with Gasteiger partial charge in [-0.15, -0.1) is 0 Å². The summed E-state index contributed by atoms with van der Waals surface area (Å²) in [6.07, 6.45) is 1.07. The molecule has 0 saturated carbocycles. The summed E-state index contributed by atoms with van der Waals surface area (Å²) in [5.74, 6) is 0.134. The first-order valence-electron chi connectivity index (χ1n) is 9.60. The number of aryl methyl sites for hydroxylation is 2. The van der Waals surface area contributed by atoms with Crippen LogP contribution < -0.4 is 10.1 Å². The molecular weight excluding hydrogens is 418 g/mol. The van der Waals surface area contributed by atoms with Crippen LogP contribution in [0.5, 0.6) is 11.5 Å². The van der Waals surface area contributed by atoms with E-state index in [0.717, 1.165) is 17.3 Å². The zero-order valence-corrected chi connectivity index (χ0v) is 17.9. The Labute approximate surface area is 182 Å². The molecule has 11 heteroatoms. The number of nitro groups is 2. The number of nitrogens with one attached hydrogen (secondary N) is 1. The number of hydrogen-bond donors (Lipinski definition) is 1. The standard InChI is InChI=1S/C21H21N5O6/c1-12-5-13(2)7-18(6-12)32-19-9-16(8-17(10-19)25(28)29)23-21(27)15(4)24-14(3)20(11-22-24)26(30)31/h5-11,15H,1-4H3,(H,23,27). The third-order valence-electron chi connectivity index (χ3n) is 4.76. The number of carbonyl (C=O) groups excluding carboxylic acids is 1. The van der Waals surface area contributed by atoms with Crippen LogP contribution >= 0.6 is 0 Å². The average Bonchev–Trinajstić information content (AvgIpc) is 3.07. The van der Waals surface area contributed by atoms with Crippen molar-refractivity contribution in [2.24, 2.45) is 0 Å². The molecule has 3 aromatic rings. The molecule has 0 spiro atoms. The van der Waals surface area contributed by atoms with E-state index in [1.807, 2.05) is 19.9 Å². The highest BCUT2D eigenvalue weighted by Crippen LogP contribution is 2.31. The third-order valence-corrected chi connectivity index (χ3v) is 4.76. The van der Waals surface area contributed by atoms with Gasteiger partial charge >= 0.3 is 5.69 Å². The molecule has 166 valence electrons. The van der Waals surface area contributed by atoms with E-state index in [0.29, 0.717) is 5.75 Å². The fraction of sp³-hybridized carbons (Fsp3) is 0.238. The van der Waals surface area contributed by atoms with E-state index in [9.17, 15) is 25.0 Å². The van der Waals surface area contributed by atoms with Crippen LogP contribution in [-0.4, -0.2) is 25.5 Å². The molecule has 32 heavy (non-hydrogen) atoms. The molecule has 0 radical (unpaired) electrons. The number of hydrogen-bond acceptors (Lipinski definition) is 7. The van der Waals surface area contributed by atoms with Crippen molar-refractivity contribution in [1.82, 2.24) is 9.78 Å². The van der Waals surface area contributed by atoms with Crippen LogP contribution in [0.4, 0.5) is 17.1 Å². The highest BCUT2D eigenvalue weighted by molar-refractivity contribution is 5.94. The first-order valence-corrected chi connectivity index (χ1v) is 9.60. The summed E-state index contributed by atoms with van der Waals surface area (Å²) in [6, 6.07) is 8.59. The molecule has 1 atom stereocenters. The van der Waals surface area contributed by atoms with E-state index in [2.05, 4.69) is 10.4 Å². The quantitative estimate of drug-likeness (QED) is 0.418. The number of nitro benzene ring substituents is 1. The van der Waals surface area contributed by atoms with Crippen molar-refractivity contribution >= 4 is 23.0 Å². The van der Waals surface area contributed by atoms with Gasteiger partial charge in [0.25, 0.3) is 5.69 Å². The lowest BCUT2D eigenvalue weighted by atomic mass is 10.1. The predicted octanol–water partition coefficient (Wildman–Crippen LogP) is 4.62. The summed E-state index contributed by atoms with van der Waals surface area (Å²) >= 11 is 0. The van der Waals surface area contributed by atoms with Crippen LogP contribution in [0.1, 0.15) is 29.8 Å². The van der Waals surface area contributed by atoms with Gasteiger partial charge in [-0.2, -0.15) is 5.10 Å². The van der Waals surface area contributed by atoms with Crippen molar-refractivity contribution < 1.29 is 19.4 Å². The normalized spacial score (nSPS) is 11.6. The summed E-state index contributed by atoms with van der Waals surface area (Å²) in [5, 5.41) is 28.9. The van der Waals surface area contributed by atoms with Gasteiger partial charge in [0.1, 0.15) is 29.4 Å². The summed E-state index contributed by atoms with van der Waals surface area (Å²) in [6.45, 7) is 6.81. The first-order chi connectivity index (χ1) is 15.0. The number of benzene rings is 2. The van der Waals surface area contributed by atoms with E-state index in [4.69, 9.17) is 4.74 Å². The number of amides is 1. The SMILES string of the molecule is Cc1cc(C)cc(Oc2cc(NC(=O)C(C)n3ncc([N+](=O)[O-])c3C)cc([N+](=O)[O-])c2)c1. The van der Waals surface area contributed by atoms with E-state index in [1.54, 1.807) is 12.1 Å². The van der Waals surface area contributed by atoms with Crippen LogP contribution in [-0.2, 0) is 4.79 Å². The number of non-ortho nitro benzene ring substituents is 1. The Balaban J connectivity index is 1.87. The number of rotatable bonds is 7. The lowest BCUT2D eigenvalue weighted by Crippen LogP contribution is -2.25. The molecule has 1 amide bonds. The molecule has 1 unspecified atom stereocenters. The second kappa shape index (κ2) is 8.84. The molecule has 3 rings (SSSR count). The fourth-order valence-corrected chi connectivity index (χ4v) is 3.29. The highest BCUT2D eigenvalue weighted by Gasteiger charge is 2.24. The van der Waals surface area contributed by atoms with E-state index >= 15 is 0 Å². The molecule has 2 aromatic carbocycles. The Morgan fingerprint density at radius 2 is 1.62 bits per heavy atom. The van der Waals surface area contributed by atoms with Crippen LogP contribution in [0.25, 0.3) is 0 Å². The summed E-state index contributed by atoms with van der Waals surface area (Å²) in [5.41, 5.74) is 1.84. The fourth-order valence-electron chi connectivity index (χ4n) is 3.29. The molecule has 0 saturated heterocycles. The van der Waals surface area contributed by atoms with Crippen LogP contribution in [0, 0.1) is 41.0 Å².